The molecule has 2 aromatic rings. The lowest BCUT2D eigenvalue weighted by atomic mass is 9.71. The number of carboxylic acids is 1. The minimum absolute atomic E-state index is 0.201. The van der Waals surface area contributed by atoms with Gasteiger partial charge in [0.15, 0.2) is 0 Å². The summed E-state index contributed by atoms with van der Waals surface area (Å²) in [7, 11) is 0. The SMILES string of the molecule is O=C(O)[C@H]1C[C@H](O)c2ccccc2[C@H]1c1ccccc1. The van der Waals surface area contributed by atoms with E-state index in [4.69, 9.17) is 0 Å². The zero-order valence-electron chi connectivity index (χ0n) is 10.9. The van der Waals surface area contributed by atoms with Gasteiger partial charge in [0.1, 0.15) is 0 Å². The molecular formula is C17H16O3. The summed E-state index contributed by atoms with van der Waals surface area (Å²) in [5, 5.41) is 19.7. The molecule has 102 valence electrons. The Morgan fingerprint density at radius 2 is 1.55 bits per heavy atom. The molecule has 0 aromatic heterocycles. The molecule has 0 aliphatic heterocycles. The van der Waals surface area contributed by atoms with Crippen LogP contribution in [0.2, 0.25) is 0 Å². The monoisotopic (exact) mass is 268 g/mol. The molecule has 2 aromatic carbocycles. The van der Waals surface area contributed by atoms with Gasteiger partial charge in [-0.2, -0.15) is 0 Å². The second kappa shape index (κ2) is 5.10. The van der Waals surface area contributed by atoms with E-state index in [1.807, 2.05) is 54.6 Å². The Morgan fingerprint density at radius 3 is 2.20 bits per heavy atom. The molecule has 3 atom stereocenters. The summed E-state index contributed by atoms with van der Waals surface area (Å²) in [6.07, 6.45) is -0.446. The predicted octanol–water partition coefficient (Wildman–Crippen LogP) is 2.96. The fourth-order valence-electron chi connectivity index (χ4n) is 3.13. The summed E-state index contributed by atoms with van der Waals surface area (Å²) in [5.74, 6) is -1.65. The van der Waals surface area contributed by atoms with E-state index in [0.717, 1.165) is 16.7 Å². The van der Waals surface area contributed by atoms with Gasteiger partial charge in [-0.25, -0.2) is 0 Å². The van der Waals surface area contributed by atoms with Crippen LogP contribution in [0.5, 0.6) is 0 Å². The molecule has 3 nitrogen and oxygen atoms in total. The number of hydrogen-bond acceptors (Lipinski definition) is 2. The van der Waals surface area contributed by atoms with Gasteiger partial charge >= 0.3 is 5.97 Å². The maximum Gasteiger partial charge on any atom is 0.307 e. The number of rotatable bonds is 2. The molecule has 0 saturated carbocycles. The first kappa shape index (κ1) is 12.9. The molecule has 2 N–H and O–H groups in total. The minimum atomic E-state index is -0.854. The van der Waals surface area contributed by atoms with E-state index in [1.54, 1.807) is 0 Å². The van der Waals surface area contributed by atoms with E-state index in [0.29, 0.717) is 0 Å². The molecule has 0 unspecified atom stereocenters. The summed E-state index contributed by atoms with van der Waals surface area (Å²) >= 11 is 0. The van der Waals surface area contributed by atoms with Gasteiger partial charge in [-0.15, -0.1) is 0 Å². The maximum atomic E-state index is 11.6. The van der Waals surface area contributed by atoms with E-state index in [9.17, 15) is 15.0 Å². The summed E-state index contributed by atoms with van der Waals surface area (Å²) in [6.45, 7) is 0. The van der Waals surface area contributed by atoms with Crippen LogP contribution >= 0.6 is 0 Å². The van der Waals surface area contributed by atoms with E-state index < -0.39 is 18.0 Å². The molecule has 1 aliphatic rings. The van der Waals surface area contributed by atoms with Crippen LogP contribution in [0.1, 0.15) is 35.1 Å². The molecule has 3 rings (SSSR count). The lowest BCUT2D eigenvalue weighted by Crippen LogP contribution is -2.30. The lowest BCUT2D eigenvalue weighted by molar-refractivity contribution is -0.143. The summed E-state index contributed by atoms with van der Waals surface area (Å²) < 4.78 is 0. The molecule has 20 heavy (non-hydrogen) atoms. The van der Waals surface area contributed by atoms with Crippen molar-refractivity contribution in [3.8, 4) is 0 Å². The van der Waals surface area contributed by atoms with E-state index in [-0.39, 0.29) is 12.3 Å². The zero-order valence-corrected chi connectivity index (χ0v) is 10.9. The van der Waals surface area contributed by atoms with Gasteiger partial charge in [-0.3, -0.25) is 4.79 Å². The van der Waals surface area contributed by atoms with Crippen LogP contribution in [0.3, 0.4) is 0 Å². The minimum Gasteiger partial charge on any atom is -0.481 e. The number of benzene rings is 2. The van der Waals surface area contributed by atoms with Crippen molar-refractivity contribution < 1.29 is 15.0 Å². The van der Waals surface area contributed by atoms with Crippen molar-refractivity contribution in [3.05, 3.63) is 71.3 Å². The van der Waals surface area contributed by atoms with Gasteiger partial charge in [0.2, 0.25) is 0 Å². The molecule has 0 amide bonds. The molecule has 0 bridgehead atoms. The quantitative estimate of drug-likeness (QED) is 0.880. The van der Waals surface area contributed by atoms with Gasteiger partial charge in [-0.1, -0.05) is 54.6 Å². The van der Waals surface area contributed by atoms with Gasteiger partial charge in [0.05, 0.1) is 12.0 Å². The highest BCUT2D eigenvalue weighted by molar-refractivity contribution is 5.73. The fraction of sp³-hybridized carbons (Fsp3) is 0.235. The number of carboxylic acid groups (broad SMARTS) is 1. The summed E-state index contributed by atoms with van der Waals surface area (Å²) in [4.78, 5) is 11.6. The molecule has 0 saturated heterocycles. The van der Waals surface area contributed by atoms with Crippen molar-refractivity contribution in [1.29, 1.82) is 0 Å². The molecule has 3 heteroatoms. The predicted molar refractivity (Wildman–Crippen MR) is 75.4 cm³/mol. The normalized spacial score (nSPS) is 24.9. The van der Waals surface area contributed by atoms with Crippen molar-refractivity contribution in [2.45, 2.75) is 18.4 Å². The third-order valence-corrected chi connectivity index (χ3v) is 4.05. The Balaban J connectivity index is 2.16. The van der Waals surface area contributed by atoms with E-state index in [1.165, 1.54) is 0 Å². The van der Waals surface area contributed by atoms with Gasteiger partial charge < -0.3 is 10.2 Å². The van der Waals surface area contributed by atoms with Crippen molar-refractivity contribution in [2.24, 2.45) is 5.92 Å². The van der Waals surface area contributed by atoms with Crippen molar-refractivity contribution in [1.82, 2.24) is 0 Å². The Morgan fingerprint density at radius 1 is 0.950 bits per heavy atom. The number of aliphatic hydroxyl groups excluding tert-OH is 1. The average molecular weight is 268 g/mol. The standard InChI is InChI=1S/C17H16O3/c18-15-10-14(17(19)20)16(11-6-2-1-3-7-11)13-9-5-4-8-12(13)15/h1-9,14-16,18H,10H2,(H,19,20)/t14-,15-,16+/m0/s1. The molecule has 0 spiro atoms. The number of aliphatic hydroxyl groups is 1. The molecule has 0 radical (unpaired) electrons. The van der Waals surface area contributed by atoms with E-state index >= 15 is 0 Å². The Kier molecular flexibility index (Phi) is 3.28. The van der Waals surface area contributed by atoms with Crippen LogP contribution in [-0.2, 0) is 4.79 Å². The van der Waals surface area contributed by atoms with Crippen molar-refractivity contribution in [2.75, 3.05) is 0 Å². The first-order valence-electron chi connectivity index (χ1n) is 6.73. The second-order valence-electron chi connectivity index (χ2n) is 5.21. The van der Waals surface area contributed by atoms with E-state index in [2.05, 4.69) is 0 Å². The third kappa shape index (κ3) is 2.10. The second-order valence-corrected chi connectivity index (χ2v) is 5.21. The number of hydrogen-bond donors (Lipinski definition) is 2. The van der Waals surface area contributed by atoms with Crippen molar-refractivity contribution >= 4 is 5.97 Å². The van der Waals surface area contributed by atoms with Crippen LogP contribution < -0.4 is 0 Å². The Labute approximate surface area is 117 Å². The van der Waals surface area contributed by atoms with Crippen LogP contribution in [0.25, 0.3) is 0 Å². The number of fused-ring (bicyclic) bond motifs is 1. The van der Waals surface area contributed by atoms with Crippen LogP contribution in [0.15, 0.2) is 54.6 Å². The Hall–Kier alpha value is -2.13. The molecule has 0 fully saturated rings. The summed E-state index contributed by atoms with van der Waals surface area (Å²) in [5.41, 5.74) is 2.75. The smallest absolute Gasteiger partial charge is 0.307 e. The molecule has 0 heterocycles. The zero-order chi connectivity index (χ0) is 14.1. The maximum absolute atomic E-state index is 11.6. The first-order chi connectivity index (χ1) is 9.68. The number of carbonyl (C=O) groups is 1. The molecule has 1 aliphatic carbocycles. The first-order valence-corrected chi connectivity index (χ1v) is 6.73. The average Bonchev–Trinajstić information content (AvgIpc) is 2.48. The van der Waals surface area contributed by atoms with Gasteiger partial charge in [-0.05, 0) is 23.1 Å². The van der Waals surface area contributed by atoms with Gasteiger partial charge in [0.25, 0.3) is 0 Å². The third-order valence-electron chi connectivity index (χ3n) is 4.05. The van der Waals surface area contributed by atoms with Crippen LogP contribution in [0, 0.1) is 5.92 Å². The number of aliphatic carboxylic acids is 1. The highest BCUT2D eigenvalue weighted by Crippen LogP contribution is 2.44. The highest BCUT2D eigenvalue weighted by atomic mass is 16.4. The fourth-order valence-corrected chi connectivity index (χ4v) is 3.13. The van der Waals surface area contributed by atoms with Crippen LogP contribution in [-0.4, -0.2) is 16.2 Å². The Bertz CT molecular complexity index is 621. The largest absolute Gasteiger partial charge is 0.481 e. The van der Waals surface area contributed by atoms with Crippen LogP contribution in [0.4, 0.5) is 0 Å². The lowest BCUT2D eigenvalue weighted by Gasteiger charge is -2.34. The molecular weight excluding hydrogens is 252 g/mol. The van der Waals surface area contributed by atoms with Crippen molar-refractivity contribution in [3.63, 3.8) is 0 Å². The topological polar surface area (TPSA) is 57.5 Å². The van der Waals surface area contributed by atoms with Gasteiger partial charge in [0, 0.05) is 5.92 Å². The summed E-state index contributed by atoms with van der Waals surface area (Å²) in [6, 6.07) is 17.2. The highest BCUT2D eigenvalue weighted by Gasteiger charge is 2.38.